The summed E-state index contributed by atoms with van der Waals surface area (Å²) in [4.78, 5) is 36.4. The average molecular weight is 458 g/mol. The van der Waals surface area contributed by atoms with E-state index in [-0.39, 0.29) is 18.6 Å². The number of unbranched alkanes of at least 4 members (excludes halogenated alkanes) is 2. The Balaban J connectivity index is 1.74. The molecule has 0 unspecified atom stereocenters. The van der Waals surface area contributed by atoms with Crippen LogP contribution in [0.25, 0.3) is 0 Å². The fourth-order valence-electron chi connectivity index (χ4n) is 2.96. The first kappa shape index (κ1) is 25.7. The number of nitrogens with one attached hydrogen (secondary N) is 1. The second kappa shape index (κ2) is 13.8. The SMILES string of the molecule is CCCCCOc1ccc(C(=O)CCC(=O)OCC(=O)Nc2cc(OC)ccc2OC)cc1. The summed E-state index contributed by atoms with van der Waals surface area (Å²) in [5.74, 6) is 0.342. The van der Waals surface area contributed by atoms with E-state index in [0.717, 1.165) is 19.3 Å². The Morgan fingerprint density at radius 1 is 0.879 bits per heavy atom. The molecule has 1 amide bonds. The van der Waals surface area contributed by atoms with Crippen LogP contribution in [0.4, 0.5) is 5.69 Å². The zero-order chi connectivity index (χ0) is 24.1. The fourth-order valence-corrected chi connectivity index (χ4v) is 2.96. The number of ether oxygens (including phenoxy) is 4. The number of amides is 1. The van der Waals surface area contributed by atoms with E-state index < -0.39 is 18.5 Å². The molecule has 0 radical (unpaired) electrons. The Morgan fingerprint density at radius 3 is 2.27 bits per heavy atom. The van der Waals surface area contributed by atoms with Crippen molar-refractivity contribution in [1.29, 1.82) is 0 Å². The van der Waals surface area contributed by atoms with E-state index in [0.29, 0.717) is 35.1 Å². The van der Waals surface area contributed by atoms with Gasteiger partial charge in [0.25, 0.3) is 5.91 Å². The van der Waals surface area contributed by atoms with E-state index in [4.69, 9.17) is 18.9 Å². The number of anilines is 1. The van der Waals surface area contributed by atoms with Crippen molar-refractivity contribution in [3.63, 3.8) is 0 Å². The Morgan fingerprint density at radius 2 is 1.61 bits per heavy atom. The summed E-state index contributed by atoms with van der Waals surface area (Å²) in [6.07, 6.45) is 3.10. The molecule has 0 fully saturated rings. The predicted octanol–water partition coefficient (Wildman–Crippen LogP) is 4.42. The lowest BCUT2D eigenvalue weighted by Crippen LogP contribution is -2.21. The summed E-state index contributed by atoms with van der Waals surface area (Å²) in [7, 11) is 2.98. The Hall–Kier alpha value is -3.55. The van der Waals surface area contributed by atoms with Crippen molar-refractivity contribution >= 4 is 23.3 Å². The van der Waals surface area contributed by atoms with Gasteiger partial charge in [-0.1, -0.05) is 19.8 Å². The van der Waals surface area contributed by atoms with E-state index in [2.05, 4.69) is 12.2 Å². The monoisotopic (exact) mass is 457 g/mol. The van der Waals surface area contributed by atoms with Gasteiger partial charge in [-0.05, 0) is 42.8 Å². The Bertz CT molecular complexity index is 925. The number of hydrogen-bond acceptors (Lipinski definition) is 7. The highest BCUT2D eigenvalue weighted by atomic mass is 16.5. The number of Topliss-reactive ketones (excluding diaryl/α,β-unsaturated/α-hetero) is 1. The van der Waals surface area contributed by atoms with Gasteiger partial charge in [-0.3, -0.25) is 14.4 Å². The molecule has 0 saturated heterocycles. The molecule has 8 nitrogen and oxygen atoms in total. The first-order chi connectivity index (χ1) is 16.0. The highest BCUT2D eigenvalue weighted by Gasteiger charge is 2.14. The second-order valence-corrected chi connectivity index (χ2v) is 7.28. The van der Waals surface area contributed by atoms with E-state index >= 15 is 0 Å². The molecule has 2 aromatic rings. The molecule has 2 aromatic carbocycles. The molecular weight excluding hydrogens is 426 g/mol. The molecule has 0 saturated carbocycles. The molecule has 0 aliphatic rings. The Kier molecular flexibility index (Phi) is 10.7. The molecule has 1 N–H and O–H groups in total. The van der Waals surface area contributed by atoms with Gasteiger partial charge < -0.3 is 24.3 Å². The van der Waals surface area contributed by atoms with E-state index in [1.54, 1.807) is 42.5 Å². The van der Waals surface area contributed by atoms with Gasteiger partial charge in [-0.15, -0.1) is 0 Å². The molecule has 0 spiro atoms. The van der Waals surface area contributed by atoms with E-state index in [1.165, 1.54) is 14.2 Å². The maximum atomic E-state index is 12.3. The third-order valence-corrected chi connectivity index (χ3v) is 4.79. The smallest absolute Gasteiger partial charge is 0.306 e. The molecule has 8 heteroatoms. The molecule has 0 heterocycles. The minimum Gasteiger partial charge on any atom is -0.497 e. The van der Waals surface area contributed by atoms with Crippen LogP contribution in [-0.2, 0) is 14.3 Å². The molecule has 33 heavy (non-hydrogen) atoms. The summed E-state index contributed by atoms with van der Waals surface area (Å²) in [5.41, 5.74) is 0.887. The van der Waals surface area contributed by atoms with Crippen molar-refractivity contribution in [3.8, 4) is 17.2 Å². The third-order valence-electron chi connectivity index (χ3n) is 4.79. The summed E-state index contributed by atoms with van der Waals surface area (Å²) in [6, 6.07) is 11.8. The molecule has 0 aliphatic carbocycles. The zero-order valence-electron chi connectivity index (χ0n) is 19.3. The first-order valence-corrected chi connectivity index (χ1v) is 10.9. The molecule has 0 atom stereocenters. The number of carbonyl (C=O) groups excluding carboxylic acids is 3. The molecule has 0 bridgehead atoms. The number of esters is 1. The van der Waals surface area contributed by atoms with Crippen LogP contribution in [0.5, 0.6) is 17.2 Å². The minimum absolute atomic E-state index is 0.0130. The first-order valence-electron chi connectivity index (χ1n) is 10.9. The summed E-state index contributed by atoms with van der Waals surface area (Å²) >= 11 is 0. The Labute approximate surface area is 194 Å². The third kappa shape index (κ3) is 8.84. The van der Waals surface area contributed by atoms with Crippen LogP contribution in [-0.4, -0.2) is 45.1 Å². The van der Waals surface area contributed by atoms with Crippen molar-refractivity contribution in [2.24, 2.45) is 0 Å². The zero-order valence-corrected chi connectivity index (χ0v) is 19.3. The highest BCUT2D eigenvalue weighted by Crippen LogP contribution is 2.28. The van der Waals surface area contributed by atoms with E-state index in [1.807, 2.05) is 0 Å². The van der Waals surface area contributed by atoms with Crippen molar-refractivity contribution in [2.45, 2.75) is 39.0 Å². The van der Waals surface area contributed by atoms with Crippen LogP contribution < -0.4 is 19.5 Å². The number of benzene rings is 2. The lowest BCUT2D eigenvalue weighted by molar-refractivity contribution is -0.147. The predicted molar refractivity (Wildman–Crippen MR) is 124 cm³/mol. The van der Waals surface area contributed by atoms with Crippen molar-refractivity contribution in [3.05, 3.63) is 48.0 Å². The van der Waals surface area contributed by atoms with Crippen molar-refractivity contribution in [1.82, 2.24) is 0 Å². The van der Waals surface area contributed by atoms with Gasteiger partial charge in [0.05, 0.1) is 32.9 Å². The van der Waals surface area contributed by atoms with Gasteiger partial charge in [0, 0.05) is 18.1 Å². The quantitative estimate of drug-likeness (QED) is 0.255. The largest absolute Gasteiger partial charge is 0.497 e. The highest BCUT2D eigenvalue weighted by molar-refractivity contribution is 5.98. The van der Waals surface area contributed by atoms with Crippen LogP contribution in [0.2, 0.25) is 0 Å². The summed E-state index contributed by atoms with van der Waals surface area (Å²) in [6.45, 7) is 2.30. The average Bonchev–Trinajstić information content (AvgIpc) is 2.84. The number of hydrogen-bond donors (Lipinski definition) is 1. The minimum atomic E-state index is -0.632. The van der Waals surface area contributed by atoms with Gasteiger partial charge in [0.15, 0.2) is 12.4 Å². The van der Waals surface area contributed by atoms with Crippen LogP contribution in [0.15, 0.2) is 42.5 Å². The normalized spacial score (nSPS) is 10.3. The van der Waals surface area contributed by atoms with Crippen LogP contribution in [0.1, 0.15) is 49.4 Å². The fraction of sp³-hybridized carbons (Fsp3) is 0.400. The van der Waals surface area contributed by atoms with Crippen LogP contribution in [0, 0.1) is 0 Å². The maximum absolute atomic E-state index is 12.3. The van der Waals surface area contributed by atoms with Crippen LogP contribution >= 0.6 is 0 Å². The van der Waals surface area contributed by atoms with Gasteiger partial charge >= 0.3 is 5.97 Å². The maximum Gasteiger partial charge on any atom is 0.306 e. The molecule has 0 aromatic heterocycles. The molecule has 0 aliphatic heterocycles. The molecular formula is C25H31NO7. The van der Waals surface area contributed by atoms with Gasteiger partial charge in [0.2, 0.25) is 0 Å². The topological polar surface area (TPSA) is 100 Å². The van der Waals surface area contributed by atoms with Crippen LogP contribution in [0.3, 0.4) is 0 Å². The van der Waals surface area contributed by atoms with Gasteiger partial charge in [-0.25, -0.2) is 0 Å². The summed E-state index contributed by atoms with van der Waals surface area (Å²) < 4.78 is 20.9. The molecule has 178 valence electrons. The molecule has 2 rings (SSSR count). The standard InChI is InChI=1S/C25H31NO7/c1-4-5-6-15-32-19-9-7-18(8-10-19)22(27)12-14-25(29)33-17-24(28)26-21-16-20(30-2)11-13-23(21)31-3/h7-11,13,16H,4-6,12,14-15,17H2,1-3H3,(H,26,28). The van der Waals surface area contributed by atoms with Crippen molar-refractivity contribution in [2.75, 3.05) is 32.8 Å². The van der Waals surface area contributed by atoms with Gasteiger partial charge in [-0.2, -0.15) is 0 Å². The van der Waals surface area contributed by atoms with Gasteiger partial charge in [0.1, 0.15) is 17.2 Å². The number of carbonyl (C=O) groups is 3. The summed E-state index contributed by atoms with van der Waals surface area (Å²) in [5, 5.41) is 2.61. The number of ketones is 1. The van der Waals surface area contributed by atoms with Crippen molar-refractivity contribution < 1.29 is 33.3 Å². The number of methoxy groups -OCH3 is 2. The second-order valence-electron chi connectivity index (χ2n) is 7.28. The lowest BCUT2D eigenvalue weighted by atomic mass is 10.1. The lowest BCUT2D eigenvalue weighted by Gasteiger charge is -2.12. The van der Waals surface area contributed by atoms with E-state index in [9.17, 15) is 14.4 Å². The number of rotatable bonds is 14.